The van der Waals surface area contributed by atoms with E-state index >= 15 is 0 Å². The molecule has 0 atom stereocenters. The van der Waals surface area contributed by atoms with E-state index in [0.29, 0.717) is 39.9 Å². The second-order valence-corrected chi connectivity index (χ2v) is 9.53. The highest BCUT2D eigenvalue weighted by molar-refractivity contribution is 7.92. The Morgan fingerprint density at radius 1 is 0.935 bits per heavy atom. The van der Waals surface area contributed by atoms with E-state index in [-0.39, 0.29) is 24.0 Å². The van der Waals surface area contributed by atoms with Crippen molar-refractivity contribution in [3.63, 3.8) is 0 Å². The molecule has 168 valence electrons. The largest absolute Gasteiger partial charge is 0.356 e. The van der Waals surface area contributed by atoms with E-state index in [1.807, 2.05) is 0 Å². The van der Waals surface area contributed by atoms with E-state index in [4.69, 9.17) is 23.2 Å². The van der Waals surface area contributed by atoms with E-state index in [0.717, 1.165) is 12.8 Å². The lowest BCUT2D eigenvalue weighted by Gasteiger charge is -2.10. The van der Waals surface area contributed by atoms with Crippen LogP contribution in [0, 0.1) is 0 Å². The first-order chi connectivity index (χ1) is 14.7. The number of hydrogen-bond acceptors (Lipinski definition) is 4. The monoisotopic (exact) mass is 485 g/mol. The number of carbonyl (C=O) groups excluding carboxylic acids is 2. The third-order valence-electron chi connectivity index (χ3n) is 4.36. The lowest BCUT2D eigenvalue weighted by atomic mass is 10.2. The minimum atomic E-state index is -3.61. The minimum Gasteiger partial charge on any atom is -0.356 e. The third-order valence-corrected chi connectivity index (χ3v) is 6.50. The van der Waals surface area contributed by atoms with Crippen LogP contribution in [0.4, 0.5) is 5.69 Å². The summed E-state index contributed by atoms with van der Waals surface area (Å²) in [5, 5.41) is 6.22. The van der Waals surface area contributed by atoms with Gasteiger partial charge in [0, 0.05) is 31.3 Å². The highest BCUT2D eigenvalue weighted by Gasteiger charge is 2.14. The molecule has 31 heavy (non-hydrogen) atoms. The zero-order valence-electron chi connectivity index (χ0n) is 17.1. The Balaban J connectivity index is 1.81. The van der Waals surface area contributed by atoms with Gasteiger partial charge in [-0.1, -0.05) is 35.3 Å². The molecule has 0 aliphatic carbocycles. The number of amides is 2. The molecule has 7 nitrogen and oxygen atoms in total. The van der Waals surface area contributed by atoms with Gasteiger partial charge in [-0.2, -0.15) is 0 Å². The summed E-state index contributed by atoms with van der Waals surface area (Å²) in [6.45, 7) is 2.52. The van der Waals surface area contributed by atoms with Crippen LogP contribution in [0.5, 0.6) is 0 Å². The van der Waals surface area contributed by atoms with Gasteiger partial charge in [0.05, 0.1) is 15.8 Å². The van der Waals surface area contributed by atoms with Crippen molar-refractivity contribution in [3.8, 4) is 0 Å². The van der Waals surface area contributed by atoms with Gasteiger partial charge >= 0.3 is 0 Å². The Morgan fingerprint density at radius 2 is 1.58 bits per heavy atom. The Bertz CT molecular complexity index is 1010. The van der Waals surface area contributed by atoms with Crippen LogP contribution in [0.1, 0.15) is 35.7 Å². The Hall–Kier alpha value is -2.29. The molecule has 0 heterocycles. The fourth-order valence-corrected chi connectivity index (χ4v) is 4.22. The summed E-state index contributed by atoms with van der Waals surface area (Å²) >= 11 is 12.1. The predicted octanol–water partition coefficient (Wildman–Crippen LogP) is 3.62. The topological polar surface area (TPSA) is 104 Å². The number of rotatable bonds is 11. The molecular formula is C21H25Cl2N3O4S. The van der Waals surface area contributed by atoms with E-state index in [1.165, 1.54) is 19.1 Å². The van der Waals surface area contributed by atoms with Gasteiger partial charge in [0.25, 0.3) is 5.91 Å². The van der Waals surface area contributed by atoms with Crippen molar-refractivity contribution >= 4 is 50.7 Å². The van der Waals surface area contributed by atoms with Crippen molar-refractivity contribution < 1.29 is 18.0 Å². The summed E-state index contributed by atoms with van der Waals surface area (Å²) in [6.07, 6.45) is 1.72. The van der Waals surface area contributed by atoms with Crippen molar-refractivity contribution in [2.24, 2.45) is 0 Å². The fourth-order valence-electron chi connectivity index (χ4n) is 2.72. The first-order valence-electron chi connectivity index (χ1n) is 9.74. The van der Waals surface area contributed by atoms with E-state index in [9.17, 15) is 18.0 Å². The number of unbranched alkanes of at least 4 members (excludes halogenated alkanes) is 1. The Morgan fingerprint density at radius 3 is 2.23 bits per heavy atom. The molecule has 0 radical (unpaired) electrons. The predicted molar refractivity (Wildman–Crippen MR) is 124 cm³/mol. The number of benzene rings is 2. The number of aryl methyl sites for hydroxylation is 1. The van der Waals surface area contributed by atoms with Crippen LogP contribution in [-0.2, 0) is 21.2 Å². The lowest BCUT2D eigenvalue weighted by molar-refractivity contribution is -0.118. The fraction of sp³-hybridized carbons (Fsp3) is 0.333. The molecule has 0 aliphatic heterocycles. The van der Waals surface area contributed by atoms with Crippen LogP contribution < -0.4 is 15.4 Å². The molecule has 0 saturated carbocycles. The molecule has 2 amide bonds. The summed E-state index contributed by atoms with van der Waals surface area (Å²) < 4.78 is 27.2. The first-order valence-corrected chi connectivity index (χ1v) is 12.1. The van der Waals surface area contributed by atoms with Crippen molar-refractivity contribution in [3.05, 3.63) is 63.6 Å². The molecule has 0 fully saturated rings. The second kappa shape index (κ2) is 11.9. The van der Waals surface area contributed by atoms with E-state index < -0.39 is 10.0 Å². The molecule has 0 unspecified atom stereocenters. The summed E-state index contributed by atoms with van der Waals surface area (Å²) in [6, 6.07) is 11.3. The Labute approximate surface area is 192 Å². The normalized spacial score (nSPS) is 11.1. The van der Waals surface area contributed by atoms with Crippen LogP contribution in [-0.4, -0.2) is 39.1 Å². The minimum absolute atomic E-state index is 0.0759. The number of sulfonamides is 1. The average Bonchev–Trinajstić information content (AvgIpc) is 2.71. The molecule has 0 saturated heterocycles. The van der Waals surface area contributed by atoms with Gasteiger partial charge in [-0.05, 0) is 55.2 Å². The van der Waals surface area contributed by atoms with Crippen LogP contribution in [0.3, 0.4) is 0 Å². The van der Waals surface area contributed by atoms with Crippen LogP contribution in [0.2, 0.25) is 10.0 Å². The summed E-state index contributed by atoms with van der Waals surface area (Å²) in [4.78, 5) is 22.9. The molecular weight excluding hydrogens is 461 g/mol. The molecule has 0 aromatic heterocycles. The van der Waals surface area contributed by atoms with Crippen molar-refractivity contribution in [1.29, 1.82) is 0 Å². The molecule has 2 aromatic carbocycles. The standard InChI is InChI=1S/C21H25Cl2N3O4S/c1-15(27)24-12-2-3-13-25-21(28)17-7-9-18(10-8-17)26-31(29,30)14-11-16-5-4-6-19(22)20(16)23/h4-10,26H,2-3,11-14H2,1H3,(H,24,27)(H,25,28). The Kier molecular flexibility index (Phi) is 9.61. The van der Waals surface area contributed by atoms with Crippen LogP contribution in [0.25, 0.3) is 0 Å². The highest BCUT2D eigenvalue weighted by Crippen LogP contribution is 2.26. The smallest absolute Gasteiger partial charge is 0.251 e. The van der Waals surface area contributed by atoms with Gasteiger partial charge in [0.1, 0.15) is 0 Å². The number of nitrogens with one attached hydrogen (secondary N) is 3. The zero-order chi connectivity index (χ0) is 22.9. The van der Waals surface area contributed by atoms with Gasteiger partial charge in [-0.25, -0.2) is 8.42 Å². The highest BCUT2D eigenvalue weighted by atomic mass is 35.5. The molecule has 2 aromatic rings. The molecule has 0 bridgehead atoms. The zero-order valence-corrected chi connectivity index (χ0v) is 19.4. The van der Waals surface area contributed by atoms with Crippen molar-refractivity contribution in [1.82, 2.24) is 10.6 Å². The number of halogens is 2. The van der Waals surface area contributed by atoms with Gasteiger partial charge < -0.3 is 10.6 Å². The van der Waals surface area contributed by atoms with Gasteiger partial charge in [-0.15, -0.1) is 0 Å². The summed E-state index contributed by atoms with van der Waals surface area (Å²) in [5.74, 6) is -0.481. The molecule has 0 aliphatic rings. The van der Waals surface area contributed by atoms with E-state index in [1.54, 1.807) is 30.3 Å². The lowest BCUT2D eigenvalue weighted by Crippen LogP contribution is -2.26. The number of carbonyl (C=O) groups is 2. The number of anilines is 1. The summed E-state index contributed by atoms with van der Waals surface area (Å²) in [5.41, 5.74) is 1.45. The van der Waals surface area contributed by atoms with Gasteiger partial charge in [0.2, 0.25) is 15.9 Å². The molecule has 2 rings (SSSR count). The molecule has 0 spiro atoms. The maximum absolute atomic E-state index is 12.4. The quantitative estimate of drug-likeness (QED) is 0.422. The van der Waals surface area contributed by atoms with Crippen molar-refractivity contribution in [2.75, 3.05) is 23.6 Å². The van der Waals surface area contributed by atoms with E-state index in [2.05, 4.69) is 15.4 Å². The maximum atomic E-state index is 12.4. The van der Waals surface area contributed by atoms with Gasteiger partial charge in [0.15, 0.2) is 0 Å². The van der Waals surface area contributed by atoms with Crippen LogP contribution in [0.15, 0.2) is 42.5 Å². The number of hydrogen-bond donors (Lipinski definition) is 3. The van der Waals surface area contributed by atoms with Crippen molar-refractivity contribution in [2.45, 2.75) is 26.2 Å². The summed E-state index contributed by atoms with van der Waals surface area (Å²) in [7, 11) is -3.61. The molecule has 10 heteroatoms. The first kappa shape index (κ1) is 25.0. The van der Waals surface area contributed by atoms with Gasteiger partial charge in [-0.3, -0.25) is 14.3 Å². The molecule has 3 N–H and O–H groups in total. The SMILES string of the molecule is CC(=O)NCCCCNC(=O)c1ccc(NS(=O)(=O)CCc2cccc(Cl)c2Cl)cc1. The third kappa shape index (κ3) is 8.77. The average molecular weight is 486 g/mol. The second-order valence-electron chi connectivity index (χ2n) is 6.91. The van der Waals surface area contributed by atoms with Crippen LogP contribution >= 0.6 is 23.2 Å². The maximum Gasteiger partial charge on any atom is 0.251 e.